The Hall–Kier alpha value is -1.75. The summed E-state index contributed by atoms with van der Waals surface area (Å²) in [6, 6.07) is 8.08. The summed E-state index contributed by atoms with van der Waals surface area (Å²) in [6.45, 7) is 6.41. The topological polar surface area (TPSA) is 27.0 Å². The quantitative estimate of drug-likeness (QED) is 0.678. The van der Waals surface area contributed by atoms with Crippen LogP contribution in [0.15, 0.2) is 30.9 Å². The van der Waals surface area contributed by atoms with E-state index < -0.39 is 0 Å². The first-order valence-corrected chi connectivity index (χ1v) is 4.52. The Bertz CT molecular complexity index is 374. The highest BCUT2D eigenvalue weighted by Gasteiger charge is 2.05. The molecule has 1 aromatic rings. The van der Waals surface area contributed by atoms with Gasteiger partial charge in [-0.25, -0.2) is 0 Å². The van der Waals surface area contributed by atoms with Gasteiger partial charge in [-0.05, 0) is 24.6 Å². The lowest BCUT2D eigenvalue weighted by molar-refractivity contribution is 1.03. The van der Waals surface area contributed by atoms with Crippen molar-refractivity contribution in [3.63, 3.8) is 0 Å². The summed E-state index contributed by atoms with van der Waals surface area (Å²) in [5.74, 6) is 0. The van der Waals surface area contributed by atoms with Gasteiger partial charge in [0.1, 0.15) is 6.07 Å². The Kier molecular flexibility index (Phi) is 3.30. The molecule has 0 fully saturated rings. The van der Waals surface area contributed by atoms with Crippen molar-refractivity contribution in [1.82, 2.24) is 0 Å². The number of benzene rings is 1. The van der Waals surface area contributed by atoms with E-state index in [0.717, 1.165) is 17.8 Å². The van der Waals surface area contributed by atoms with E-state index in [1.54, 1.807) is 0 Å². The van der Waals surface area contributed by atoms with Crippen LogP contribution in [0, 0.1) is 18.3 Å². The summed E-state index contributed by atoms with van der Waals surface area (Å²) in [5.41, 5.74) is 2.78. The van der Waals surface area contributed by atoms with Crippen molar-refractivity contribution in [2.75, 3.05) is 18.5 Å². The minimum Gasteiger partial charge on any atom is -0.370 e. The Morgan fingerprint density at radius 3 is 2.86 bits per heavy atom. The highest BCUT2D eigenvalue weighted by atomic mass is 15.1. The zero-order chi connectivity index (χ0) is 10.6. The Balaban J connectivity index is 3.08. The van der Waals surface area contributed by atoms with E-state index in [2.05, 4.69) is 12.6 Å². The van der Waals surface area contributed by atoms with Gasteiger partial charge in [0.15, 0.2) is 0 Å². The van der Waals surface area contributed by atoms with Gasteiger partial charge in [-0.15, -0.1) is 6.58 Å². The normalized spacial score (nSPS) is 9.21. The number of aryl methyl sites for hydroxylation is 1. The Morgan fingerprint density at radius 2 is 2.29 bits per heavy atom. The summed E-state index contributed by atoms with van der Waals surface area (Å²) >= 11 is 0. The smallest absolute Gasteiger partial charge is 0.101 e. The van der Waals surface area contributed by atoms with Gasteiger partial charge in [0.2, 0.25) is 0 Å². The highest BCUT2D eigenvalue weighted by molar-refractivity contribution is 5.60. The lowest BCUT2D eigenvalue weighted by Crippen LogP contribution is -2.17. The number of hydrogen-bond donors (Lipinski definition) is 0. The molecule has 0 amide bonds. The minimum absolute atomic E-state index is 0.717. The maximum absolute atomic E-state index is 8.96. The fraction of sp³-hybridized carbons (Fsp3) is 0.250. The summed E-state index contributed by atoms with van der Waals surface area (Å²) in [5, 5.41) is 8.96. The first kappa shape index (κ1) is 10.3. The molecule has 1 aromatic carbocycles. The second-order valence-electron chi connectivity index (χ2n) is 3.30. The summed E-state index contributed by atoms with van der Waals surface area (Å²) in [4.78, 5) is 2.00. The number of nitriles is 1. The van der Waals surface area contributed by atoms with Crippen LogP contribution in [0.25, 0.3) is 0 Å². The summed E-state index contributed by atoms with van der Waals surface area (Å²) in [6.07, 6.45) is 1.82. The maximum atomic E-state index is 8.96. The van der Waals surface area contributed by atoms with Crippen molar-refractivity contribution in [3.05, 3.63) is 42.0 Å². The monoisotopic (exact) mass is 186 g/mol. The van der Waals surface area contributed by atoms with E-state index in [-0.39, 0.29) is 0 Å². The number of anilines is 1. The molecule has 0 aliphatic carbocycles. The molecule has 0 unspecified atom stereocenters. The SMILES string of the molecule is C=CCN(C)c1ccc(C)cc1C#N. The van der Waals surface area contributed by atoms with E-state index in [0.29, 0.717) is 5.56 Å². The minimum atomic E-state index is 0.717. The third-order valence-corrected chi connectivity index (χ3v) is 2.09. The zero-order valence-corrected chi connectivity index (χ0v) is 8.62. The van der Waals surface area contributed by atoms with E-state index >= 15 is 0 Å². The third kappa shape index (κ3) is 2.14. The van der Waals surface area contributed by atoms with Gasteiger partial charge in [-0.1, -0.05) is 12.1 Å². The molecular formula is C12H14N2. The van der Waals surface area contributed by atoms with Crippen LogP contribution in [0.1, 0.15) is 11.1 Å². The standard InChI is InChI=1S/C12H14N2/c1-4-7-14(3)12-6-5-10(2)8-11(12)9-13/h4-6,8H,1,7H2,2-3H3. The second-order valence-corrected chi connectivity index (χ2v) is 3.30. The van der Waals surface area contributed by atoms with Crippen molar-refractivity contribution in [2.24, 2.45) is 0 Å². The lowest BCUT2D eigenvalue weighted by atomic mass is 10.1. The van der Waals surface area contributed by atoms with E-state index in [1.165, 1.54) is 0 Å². The molecule has 0 bridgehead atoms. The van der Waals surface area contributed by atoms with Crippen molar-refractivity contribution < 1.29 is 0 Å². The highest BCUT2D eigenvalue weighted by Crippen LogP contribution is 2.19. The van der Waals surface area contributed by atoms with Gasteiger partial charge < -0.3 is 4.90 Å². The van der Waals surface area contributed by atoms with Gasteiger partial charge in [-0.3, -0.25) is 0 Å². The van der Waals surface area contributed by atoms with Crippen LogP contribution in [0.5, 0.6) is 0 Å². The number of rotatable bonds is 3. The molecular weight excluding hydrogens is 172 g/mol. The van der Waals surface area contributed by atoms with E-state index in [4.69, 9.17) is 5.26 Å². The van der Waals surface area contributed by atoms with Crippen LogP contribution < -0.4 is 4.90 Å². The maximum Gasteiger partial charge on any atom is 0.101 e. The molecule has 0 heterocycles. The van der Waals surface area contributed by atoms with Gasteiger partial charge in [0.05, 0.1) is 11.3 Å². The molecule has 0 aliphatic rings. The van der Waals surface area contributed by atoms with Crippen LogP contribution in [-0.4, -0.2) is 13.6 Å². The van der Waals surface area contributed by atoms with Crippen LogP contribution in [0.2, 0.25) is 0 Å². The van der Waals surface area contributed by atoms with E-state index in [1.807, 2.05) is 43.1 Å². The van der Waals surface area contributed by atoms with Crippen molar-refractivity contribution in [2.45, 2.75) is 6.92 Å². The van der Waals surface area contributed by atoms with Crippen LogP contribution in [0.4, 0.5) is 5.69 Å². The molecule has 14 heavy (non-hydrogen) atoms. The first-order chi connectivity index (χ1) is 6.69. The summed E-state index contributed by atoms with van der Waals surface area (Å²) < 4.78 is 0. The van der Waals surface area contributed by atoms with Gasteiger partial charge in [0.25, 0.3) is 0 Å². The van der Waals surface area contributed by atoms with Crippen molar-refractivity contribution >= 4 is 5.69 Å². The third-order valence-electron chi connectivity index (χ3n) is 2.09. The van der Waals surface area contributed by atoms with Crippen molar-refractivity contribution in [3.8, 4) is 6.07 Å². The molecule has 0 saturated carbocycles. The van der Waals surface area contributed by atoms with Crippen LogP contribution >= 0.6 is 0 Å². The van der Waals surface area contributed by atoms with Gasteiger partial charge in [-0.2, -0.15) is 5.26 Å². The largest absolute Gasteiger partial charge is 0.370 e. The predicted molar refractivity (Wildman–Crippen MR) is 59.4 cm³/mol. The molecule has 1 rings (SSSR count). The van der Waals surface area contributed by atoms with Gasteiger partial charge in [0, 0.05) is 13.6 Å². The Morgan fingerprint density at radius 1 is 1.57 bits per heavy atom. The van der Waals surface area contributed by atoms with Crippen LogP contribution in [-0.2, 0) is 0 Å². The molecule has 0 radical (unpaired) electrons. The number of likely N-dealkylation sites (N-methyl/N-ethyl adjacent to an activating group) is 1. The fourth-order valence-corrected chi connectivity index (χ4v) is 1.36. The van der Waals surface area contributed by atoms with Crippen LogP contribution in [0.3, 0.4) is 0 Å². The zero-order valence-electron chi connectivity index (χ0n) is 8.62. The molecule has 72 valence electrons. The lowest BCUT2D eigenvalue weighted by Gasteiger charge is -2.18. The Labute approximate surface area is 85.1 Å². The second kappa shape index (κ2) is 4.48. The molecule has 0 aromatic heterocycles. The number of hydrogen-bond acceptors (Lipinski definition) is 2. The first-order valence-electron chi connectivity index (χ1n) is 4.52. The van der Waals surface area contributed by atoms with Crippen molar-refractivity contribution in [1.29, 1.82) is 5.26 Å². The molecule has 2 nitrogen and oxygen atoms in total. The molecule has 2 heteroatoms. The molecule has 0 aliphatic heterocycles. The predicted octanol–water partition coefficient (Wildman–Crippen LogP) is 2.49. The average Bonchev–Trinajstić information content (AvgIpc) is 2.17. The molecule has 0 saturated heterocycles. The molecule has 0 atom stereocenters. The number of nitrogens with zero attached hydrogens (tertiary/aromatic N) is 2. The average molecular weight is 186 g/mol. The molecule has 0 spiro atoms. The fourth-order valence-electron chi connectivity index (χ4n) is 1.36. The molecule has 0 N–H and O–H groups in total. The summed E-state index contributed by atoms with van der Waals surface area (Å²) in [7, 11) is 1.95. The van der Waals surface area contributed by atoms with E-state index in [9.17, 15) is 0 Å². The van der Waals surface area contributed by atoms with Gasteiger partial charge >= 0.3 is 0 Å².